The molecule has 96 valence electrons. The van der Waals surface area contributed by atoms with Crippen LogP contribution in [0.5, 0.6) is 0 Å². The van der Waals surface area contributed by atoms with E-state index in [9.17, 15) is 0 Å². The van der Waals surface area contributed by atoms with Gasteiger partial charge in [0.2, 0.25) is 0 Å². The Labute approximate surface area is 109 Å². The second kappa shape index (κ2) is 5.51. The molecule has 1 aromatic heterocycles. The molecule has 3 heteroatoms. The van der Waals surface area contributed by atoms with Crippen LogP contribution < -0.4 is 5.32 Å². The molecular weight excluding hydrogens is 228 g/mol. The van der Waals surface area contributed by atoms with Gasteiger partial charge in [0.05, 0.1) is 0 Å². The molecule has 1 aromatic rings. The van der Waals surface area contributed by atoms with Gasteiger partial charge in [0, 0.05) is 24.7 Å². The van der Waals surface area contributed by atoms with Gasteiger partial charge in [-0.1, -0.05) is 6.92 Å². The normalized spacial score (nSPS) is 28.9. The van der Waals surface area contributed by atoms with E-state index in [0.717, 1.165) is 13.1 Å². The predicted octanol–water partition coefficient (Wildman–Crippen LogP) is 3.27. The summed E-state index contributed by atoms with van der Waals surface area (Å²) >= 11 is 1.80. The lowest BCUT2D eigenvalue weighted by atomic mass is 9.97. The van der Waals surface area contributed by atoms with Crippen LogP contribution in [0.1, 0.15) is 45.2 Å². The highest BCUT2D eigenvalue weighted by molar-refractivity contribution is 7.07. The van der Waals surface area contributed by atoms with Crippen LogP contribution in [0.15, 0.2) is 16.8 Å². The maximum absolute atomic E-state index is 3.70. The van der Waals surface area contributed by atoms with E-state index in [0.29, 0.717) is 6.04 Å². The van der Waals surface area contributed by atoms with E-state index in [-0.39, 0.29) is 5.54 Å². The van der Waals surface area contributed by atoms with Crippen molar-refractivity contribution in [1.82, 2.24) is 10.2 Å². The van der Waals surface area contributed by atoms with Crippen molar-refractivity contribution in [3.05, 3.63) is 22.4 Å². The molecule has 1 N–H and O–H groups in total. The lowest BCUT2D eigenvalue weighted by Crippen LogP contribution is -2.48. The lowest BCUT2D eigenvalue weighted by molar-refractivity contribution is 0.170. The average Bonchev–Trinajstić information content (AvgIpc) is 2.79. The predicted molar refractivity (Wildman–Crippen MR) is 75.6 cm³/mol. The van der Waals surface area contributed by atoms with E-state index in [2.05, 4.69) is 47.8 Å². The van der Waals surface area contributed by atoms with Crippen molar-refractivity contribution in [2.24, 2.45) is 0 Å². The highest BCUT2D eigenvalue weighted by atomic mass is 32.1. The lowest BCUT2D eigenvalue weighted by Gasteiger charge is -2.35. The number of thiophene rings is 1. The number of nitrogens with one attached hydrogen (secondary N) is 1. The van der Waals surface area contributed by atoms with E-state index in [1.54, 1.807) is 11.3 Å². The van der Waals surface area contributed by atoms with Gasteiger partial charge in [-0.2, -0.15) is 11.3 Å². The Morgan fingerprint density at radius 2 is 2.41 bits per heavy atom. The Balaban J connectivity index is 2.09. The zero-order valence-electron chi connectivity index (χ0n) is 11.2. The monoisotopic (exact) mass is 252 g/mol. The molecule has 2 nitrogen and oxygen atoms in total. The number of rotatable bonds is 3. The maximum Gasteiger partial charge on any atom is 0.0328 e. The Morgan fingerprint density at radius 1 is 1.59 bits per heavy atom. The fraction of sp³-hybridized carbons (Fsp3) is 0.714. The summed E-state index contributed by atoms with van der Waals surface area (Å²) in [5.41, 5.74) is 1.75. The summed E-state index contributed by atoms with van der Waals surface area (Å²) < 4.78 is 0. The molecule has 0 amide bonds. The average molecular weight is 252 g/mol. The Hall–Kier alpha value is -0.380. The molecule has 2 heterocycles. The van der Waals surface area contributed by atoms with Crippen LogP contribution in [0.2, 0.25) is 0 Å². The third-order valence-corrected chi connectivity index (χ3v) is 4.78. The molecular formula is C14H24N2S. The molecule has 0 bridgehead atoms. The van der Waals surface area contributed by atoms with E-state index >= 15 is 0 Å². The number of hydrogen-bond donors (Lipinski definition) is 1. The summed E-state index contributed by atoms with van der Waals surface area (Å²) in [6.45, 7) is 10.5. The SMILES string of the molecule is CCC1(C)CN(C(C)c2ccsc2)CCCN1. The van der Waals surface area contributed by atoms with Crippen LogP contribution in [0, 0.1) is 0 Å². The molecule has 2 unspecified atom stereocenters. The number of nitrogens with zero attached hydrogens (tertiary/aromatic N) is 1. The molecule has 17 heavy (non-hydrogen) atoms. The summed E-state index contributed by atoms with van der Waals surface area (Å²) in [7, 11) is 0. The number of hydrogen-bond acceptors (Lipinski definition) is 3. The minimum atomic E-state index is 0.279. The molecule has 0 spiro atoms. The summed E-state index contributed by atoms with van der Waals surface area (Å²) in [4.78, 5) is 2.63. The van der Waals surface area contributed by atoms with Crippen molar-refractivity contribution in [2.45, 2.75) is 45.2 Å². The maximum atomic E-state index is 3.70. The molecule has 0 radical (unpaired) electrons. The first-order valence-corrected chi connectivity index (χ1v) is 7.60. The van der Waals surface area contributed by atoms with Crippen molar-refractivity contribution in [3.63, 3.8) is 0 Å². The highest BCUT2D eigenvalue weighted by Crippen LogP contribution is 2.26. The van der Waals surface area contributed by atoms with Crippen LogP contribution in [-0.4, -0.2) is 30.1 Å². The molecule has 0 aliphatic carbocycles. The second-order valence-corrected chi connectivity index (χ2v) is 6.18. The fourth-order valence-corrected chi connectivity index (χ4v) is 3.29. The Bertz CT molecular complexity index is 336. The Kier molecular flexibility index (Phi) is 4.23. The van der Waals surface area contributed by atoms with Gasteiger partial charge in [-0.15, -0.1) is 0 Å². The van der Waals surface area contributed by atoms with Crippen LogP contribution in [-0.2, 0) is 0 Å². The molecule has 0 saturated carbocycles. The third-order valence-electron chi connectivity index (χ3n) is 4.08. The van der Waals surface area contributed by atoms with Gasteiger partial charge >= 0.3 is 0 Å². The first kappa shape index (κ1) is 13.1. The first-order valence-electron chi connectivity index (χ1n) is 6.66. The van der Waals surface area contributed by atoms with Crippen LogP contribution in [0.25, 0.3) is 0 Å². The molecule has 1 aliphatic heterocycles. The minimum Gasteiger partial charge on any atom is -0.310 e. The van der Waals surface area contributed by atoms with Gasteiger partial charge in [-0.25, -0.2) is 0 Å². The largest absolute Gasteiger partial charge is 0.310 e. The van der Waals surface area contributed by atoms with Crippen molar-refractivity contribution < 1.29 is 0 Å². The zero-order chi connectivity index (χ0) is 12.3. The van der Waals surface area contributed by atoms with Crippen molar-refractivity contribution in [3.8, 4) is 0 Å². The van der Waals surface area contributed by atoms with Gasteiger partial charge < -0.3 is 5.32 Å². The van der Waals surface area contributed by atoms with Crippen molar-refractivity contribution in [1.29, 1.82) is 0 Å². The molecule has 1 fully saturated rings. The van der Waals surface area contributed by atoms with Gasteiger partial charge in [0.25, 0.3) is 0 Å². The summed E-state index contributed by atoms with van der Waals surface area (Å²) in [5.74, 6) is 0. The van der Waals surface area contributed by atoms with Gasteiger partial charge in [0.15, 0.2) is 0 Å². The van der Waals surface area contributed by atoms with E-state index in [1.165, 1.54) is 24.9 Å². The highest BCUT2D eigenvalue weighted by Gasteiger charge is 2.29. The van der Waals surface area contributed by atoms with Crippen molar-refractivity contribution >= 4 is 11.3 Å². The van der Waals surface area contributed by atoms with E-state index in [1.807, 2.05) is 0 Å². The quantitative estimate of drug-likeness (QED) is 0.888. The van der Waals surface area contributed by atoms with Crippen LogP contribution in [0.4, 0.5) is 0 Å². The molecule has 0 aromatic carbocycles. The molecule has 2 atom stereocenters. The Morgan fingerprint density at radius 3 is 3.06 bits per heavy atom. The van der Waals surface area contributed by atoms with Gasteiger partial charge in [-0.3, -0.25) is 4.90 Å². The van der Waals surface area contributed by atoms with E-state index in [4.69, 9.17) is 0 Å². The topological polar surface area (TPSA) is 15.3 Å². The fourth-order valence-electron chi connectivity index (χ4n) is 2.55. The molecule has 1 saturated heterocycles. The van der Waals surface area contributed by atoms with Gasteiger partial charge in [-0.05, 0) is 55.6 Å². The molecule has 1 aliphatic rings. The summed E-state index contributed by atoms with van der Waals surface area (Å²) in [6, 6.07) is 2.81. The smallest absolute Gasteiger partial charge is 0.0328 e. The minimum absolute atomic E-state index is 0.279. The van der Waals surface area contributed by atoms with Crippen LogP contribution in [0.3, 0.4) is 0 Å². The summed E-state index contributed by atoms with van der Waals surface area (Å²) in [6.07, 6.45) is 2.45. The van der Waals surface area contributed by atoms with Crippen LogP contribution >= 0.6 is 11.3 Å². The second-order valence-electron chi connectivity index (χ2n) is 5.40. The summed E-state index contributed by atoms with van der Waals surface area (Å²) in [5, 5.41) is 8.16. The zero-order valence-corrected chi connectivity index (χ0v) is 12.0. The molecule has 2 rings (SSSR count). The van der Waals surface area contributed by atoms with Crippen molar-refractivity contribution in [2.75, 3.05) is 19.6 Å². The van der Waals surface area contributed by atoms with Gasteiger partial charge in [0.1, 0.15) is 0 Å². The first-order chi connectivity index (χ1) is 8.14. The standard InChI is InChI=1S/C14H24N2S/c1-4-14(3)11-16(8-5-7-15-14)12(2)13-6-9-17-10-13/h6,9-10,12,15H,4-5,7-8,11H2,1-3H3. The third kappa shape index (κ3) is 3.09. The van der Waals surface area contributed by atoms with E-state index < -0.39 is 0 Å².